The molecule has 4 rings (SSSR count). The Kier molecular flexibility index (Phi) is 6.65. The Bertz CT molecular complexity index is 839. The maximum Gasteiger partial charge on any atom is 0.259 e. The summed E-state index contributed by atoms with van der Waals surface area (Å²) in [7, 11) is 2.17. The van der Waals surface area contributed by atoms with Gasteiger partial charge < -0.3 is 15.5 Å². The first kappa shape index (κ1) is 20.8. The van der Waals surface area contributed by atoms with Crippen LogP contribution >= 0.6 is 0 Å². The van der Waals surface area contributed by atoms with Crippen molar-refractivity contribution in [2.75, 3.05) is 43.4 Å². The van der Waals surface area contributed by atoms with Crippen LogP contribution in [0.4, 0.5) is 11.5 Å². The van der Waals surface area contributed by atoms with E-state index in [1.165, 1.54) is 0 Å². The number of benzene rings is 1. The molecule has 2 N–H and O–H groups in total. The molecule has 30 heavy (non-hydrogen) atoms. The van der Waals surface area contributed by atoms with Crippen molar-refractivity contribution in [1.82, 2.24) is 15.2 Å². The van der Waals surface area contributed by atoms with Crippen molar-refractivity contribution in [3.63, 3.8) is 0 Å². The Morgan fingerprint density at radius 1 is 1.17 bits per heavy atom. The van der Waals surface area contributed by atoms with Crippen molar-refractivity contribution in [3.8, 4) is 0 Å². The van der Waals surface area contributed by atoms with Crippen LogP contribution in [0, 0.1) is 6.92 Å². The number of rotatable bonds is 5. The number of hydrogen-bond donors (Lipinski definition) is 2. The van der Waals surface area contributed by atoms with E-state index in [0.29, 0.717) is 11.6 Å². The van der Waals surface area contributed by atoms with Crippen LogP contribution in [-0.2, 0) is 0 Å². The summed E-state index contributed by atoms with van der Waals surface area (Å²) in [6, 6.07) is 12.5. The molecule has 1 aromatic carbocycles. The predicted octanol–water partition coefficient (Wildman–Crippen LogP) is 3.29. The third-order valence-corrected chi connectivity index (χ3v) is 6.29. The number of nitrogens with one attached hydrogen (secondary N) is 2. The van der Waals surface area contributed by atoms with Gasteiger partial charge >= 0.3 is 0 Å². The van der Waals surface area contributed by atoms with Gasteiger partial charge in [0.25, 0.3) is 5.91 Å². The van der Waals surface area contributed by atoms with Crippen LogP contribution in [0.2, 0.25) is 0 Å². The van der Waals surface area contributed by atoms with Crippen LogP contribution in [0.5, 0.6) is 0 Å². The second kappa shape index (κ2) is 9.58. The van der Waals surface area contributed by atoms with Gasteiger partial charge in [0.05, 0.1) is 6.04 Å². The van der Waals surface area contributed by atoms with Crippen molar-refractivity contribution in [3.05, 3.63) is 53.7 Å². The van der Waals surface area contributed by atoms with Crippen LogP contribution in [-0.4, -0.2) is 61.1 Å². The largest absolute Gasteiger partial charge is 0.382 e. The zero-order chi connectivity index (χ0) is 20.9. The summed E-state index contributed by atoms with van der Waals surface area (Å²) in [5.41, 5.74) is 2.82. The van der Waals surface area contributed by atoms with Crippen LogP contribution in [0.15, 0.2) is 42.6 Å². The Hall–Kier alpha value is -2.44. The molecule has 2 aromatic rings. The average Bonchev–Trinajstić information content (AvgIpc) is 2.78. The highest BCUT2D eigenvalue weighted by Gasteiger charge is 2.29. The van der Waals surface area contributed by atoms with Gasteiger partial charge in [0.15, 0.2) is 0 Å². The summed E-state index contributed by atoms with van der Waals surface area (Å²) in [6.07, 6.45) is 6.13. The number of piperidine rings is 2. The molecule has 0 spiro atoms. The third-order valence-electron chi connectivity index (χ3n) is 6.29. The molecular weight excluding hydrogens is 374 g/mol. The molecule has 6 heteroatoms. The summed E-state index contributed by atoms with van der Waals surface area (Å²) in [4.78, 5) is 22.4. The molecule has 0 saturated carbocycles. The lowest BCUT2D eigenvalue weighted by molar-refractivity contribution is 0.0971. The highest BCUT2D eigenvalue weighted by Crippen LogP contribution is 2.25. The lowest BCUT2D eigenvalue weighted by atomic mass is 10.0. The number of aromatic nitrogens is 1. The Morgan fingerprint density at radius 2 is 1.93 bits per heavy atom. The summed E-state index contributed by atoms with van der Waals surface area (Å²) >= 11 is 0. The summed E-state index contributed by atoms with van der Waals surface area (Å²) in [5, 5.41) is 7.06. The minimum Gasteiger partial charge on any atom is -0.382 e. The molecule has 0 aliphatic carbocycles. The number of likely N-dealkylation sites (tertiary alicyclic amines) is 1. The first-order valence-corrected chi connectivity index (χ1v) is 11.1. The number of carbonyl (C=O) groups is 1. The highest BCUT2D eigenvalue weighted by molar-refractivity contribution is 6.06. The molecule has 3 heterocycles. The van der Waals surface area contributed by atoms with Gasteiger partial charge in [0.1, 0.15) is 5.82 Å². The maximum absolute atomic E-state index is 13.6. The molecule has 1 atom stereocenters. The van der Waals surface area contributed by atoms with E-state index < -0.39 is 0 Å². The molecule has 1 aromatic heterocycles. The minimum atomic E-state index is 0.0244. The fourth-order valence-electron chi connectivity index (χ4n) is 4.46. The SMILES string of the molecule is Cc1cccnc1N(C(=O)c1ccc(NC2CCN(C)CC2)cc1)[C@@H]1CCCNC1. The molecule has 2 fully saturated rings. The average molecular weight is 408 g/mol. The molecule has 2 saturated heterocycles. The normalized spacial score (nSPS) is 20.7. The third kappa shape index (κ3) is 4.82. The first-order chi connectivity index (χ1) is 14.6. The Morgan fingerprint density at radius 3 is 2.60 bits per heavy atom. The zero-order valence-electron chi connectivity index (χ0n) is 18.1. The molecule has 0 radical (unpaired) electrons. The topological polar surface area (TPSA) is 60.5 Å². The highest BCUT2D eigenvalue weighted by atomic mass is 16.2. The number of carbonyl (C=O) groups excluding carboxylic acids is 1. The molecule has 0 unspecified atom stereocenters. The minimum absolute atomic E-state index is 0.0244. The van der Waals surface area contributed by atoms with Crippen LogP contribution in [0.25, 0.3) is 0 Å². The number of aryl methyl sites for hydroxylation is 1. The van der Waals surface area contributed by atoms with Crippen molar-refractivity contribution >= 4 is 17.4 Å². The van der Waals surface area contributed by atoms with Gasteiger partial charge in [-0.05, 0) is 95.2 Å². The van der Waals surface area contributed by atoms with Crippen LogP contribution < -0.4 is 15.5 Å². The fraction of sp³-hybridized carbons (Fsp3) is 0.500. The zero-order valence-corrected chi connectivity index (χ0v) is 18.1. The van der Waals surface area contributed by atoms with Crippen molar-refractivity contribution < 1.29 is 4.79 Å². The van der Waals surface area contributed by atoms with E-state index in [2.05, 4.69) is 27.6 Å². The Labute approximate surface area is 179 Å². The number of nitrogens with zero attached hydrogens (tertiary/aromatic N) is 3. The predicted molar refractivity (Wildman–Crippen MR) is 122 cm³/mol. The van der Waals surface area contributed by atoms with E-state index in [-0.39, 0.29) is 11.9 Å². The molecular formula is C24H33N5O. The summed E-state index contributed by atoms with van der Waals surface area (Å²) in [5.74, 6) is 0.793. The van der Waals surface area contributed by atoms with Crippen LogP contribution in [0.1, 0.15) is 41.6 Å². The first-order valence-electron chi connectivity index (χ1n) is 11.1. The fourth-order valence-corrected chi connectivity index (χ4v) is 4.46. The molecule has 1 amide bonds. The van der Waals surface area contributed by atoms with E-state index in [9.17, 15) is 4.79 Å². The van der Waals surface area contributed by atoms with Gasteiger partial charge in [-0.2, -0.15) is 0 Å². The maximum atomic E-state index is 13.6. The molecule has 0 bridgehead atoms. The van der Waals surface area contributed by atoms with E-state index in [1.807, 2.05) is 48.2 Å². The number of hydrogen-bond acceptors (Lipinski definition) is 5. The molecule has 160 valence electrons. The van der Waals surface area contributed by atoms with Crippen molar-refractivity contribution in [1.29, 1.82) is 0 Å². The van der Waals surface area contributed by atoms with Gasteiger partial charge in [0, 0.05) is 30.0 Å². The monoisotopic (exact) mass is 407 g/mol. The van der Waals surface area contributed by atoms with Crippen molar-refractivity contribution in [2.24, 2.45) is 0 Å². The van der Waals surface area contributed by atoms with Gasteiger partial charge in [-0.15, -0.1) is 0 Å². The van der Waals surface area contributed by atoms with E-state index >= 15 is 0 Å². The lowest BCUT2D eigenvalue weighted by Gasteiger charge is -2.35. The summed E-state index contributed by atoms with van der Waals surface area (Å²) in [6.45, 7) is 6.09. The van der Waals surface area contributed by atoms with Gasteiger partial charge in [0.2, 0.25) is 0 Å². The van der Waals surface area contributed by atoms with Gasteiger partial charge in [-0.3, -0.25) is 9.69 Å². The quantitative estimate of drug-likeness (QED) is 0.796. The van der Waals surface area contributed by atoms with Gasteiger partial charge in [-0.25, -0.2) is 4.98 Å². The Balaban J connectivity index is 1.51. The lowest BCUT2D eigenvalue weighted by Crippen LogP contribution is -2.49. The molecule has 2 aliphatic heterocycles. The molecule has 2 aliphatic rings. The second-order valence-electron chi connectivity index (χ2n) is 8.62. The number of amides is 1. The van der Waals surface area contributed by atoms with Crippen molar-refractivity contribution in [2.45, 2.75) is 44.7 Å². The standard InChI is InChI=1S/C24H33N5O/c1-18-5-3-14-26-23(18)29(22-6-4-13-25-17-22)24(30)19-7-9-20(10-8-19)27-21-11-15-28(2)16-12-21/h3,5,7-10,14,21-22,25,27H,4,6,11-13,15-17H2,1-2H3/t22-/m1/s1. The second-order valence-corrected chi connectivity index (χ2v) is 8.62. The molecule has 6 nitrogen and oxygen atoms in total. The smallest absolute Gasteiger partial charge is 0.259 e. The van der Waals surface area contributed by atoms with E-state index in [4.69, 9.17) is 0 Å². The van der Waals surface area contributed by atoms with Crippen LogP contribution in [0.3, 0.4) is 0 Å². The van der Waals surface area contributed by atoms with E-state index in [0.717, 1.165) is 68.9 Å². The number of pyridine rings is 1. The van der Waals surface area contributed by atoms with Gasteiger partial charge in [-0.1, -0.05) is 6.07 Å². The number of anilines is 2. The summed E-state index contributed by atoms with van der Waals surface area (Å²) < 4.78 is 0. The van der Waals surface area contributed by atoms with E-state index in [1.54, 1.807) is 6.20 Å².